The quantitative estimate of drug-likeness (QED) is 0.824. The molecule has 0 saturated carbocycles. The van der Waals surface area contributed by atoms with Crippen LogP contribution in [0.4, 0.5) is 10.6 Å². The number of hydrogen-bond acceptors (Lipinski definition) is 5. The van der Waals surface area contributed by atoms with Crippen molar-refractivity contribution in [3.8, 4) is 0 Å². The molecule has 0 atom stereocenters. The molecule has 0 spiro atoms. The van der Waals surface area contributed by atoms with E-state index in [1.165, 1.54) is 0 Å². The Morgan fingerprint density at radius 3 is 2.32 bits per heavy atom. The lowest BCUT2D eigenvalue weighted by atomic mass is 10.0. The van der Waals surface area contributed by atoms with E-state index >= 15 is 0 Å². The maximum Gasteiger partial charge on any atom is 0.410 e. The molecule has 3 rings (SSSR count). The van der Waals surface area contributed by atoms with Gasteiger partial charge >= 0.3 is 6.09 Å². The van der Waals surface area contributed by atoms with Gasteiger partial charge in [-0.2, -0.15) is 0 Å². The van der Waals surface area contributed by atoms with E-state index in [0.717, 1.165) is 57.9 Å². The lowest BCUT2D eigenvalue weighted by Crippen LogP contribution is -2.54. The maximum absolute atomic E-state index is 12.2. The third-order valence-corrected chi connectivity index (χ3v) is 4.92. The molecular weight excluding hydrogens is 316 g/mol. The van der Waals surface area contributed by atoms with Crippen molar-refractivity contribution in [1.82, 2.24) is 14.8 Å². The predicted octanol–water partition coefficient (Wildman–Crippen LogP) is 2.60. The van der Waals surface area contributed by atoms with Crippen LogP contribution in [0.5, 0.6) is 0 Å². The Kier molecular flexibility index (Phi) is 5.47. The van der Waals surface area contributed by atoms with Crippen LogP contribution in [-0.4, -0.2) is 71.8 Å². The number of piperazine rings is 1. The van der Waals surface area contributed by atoms with Crippen LogP contribution in [0, 0.1) is 0 Å². The van der Waals surface area contributed by atoms with Crippen molar-refractivity contribution in [3.63, 3.8) is 0 Å². The van der Waals surface area contributed by atoms with E-state index in [-0.39, 0.29) is 6.09 Å². The Bertz CT molecular complexity index is 557. The van der Waals surface area contributed by atoms with Crippen LogP contribution >= 0.6 is 0 Å². The number of anilines is 1. The molecule has 0 aromatic carbocycles. The first-order chi connectivity index (χ1) is 11.9. The number of hydrogen-bond donors (Lipinski definition) is 0. The highest BCUT2D eigenvalue weighted by atomic mass is 16.6. The summed E-state index contributed by atoms with van der Waals surface area (Å²) in [5, 5.41) is 0. The number of aromatic nitrogens is 1. The number of carbonyl (C=O) groups excluding carboxylic acids is 1. The smallest absolute Gasteiger partial charge is 0.410 e. The molecule has 0 unspecified atom stereocenters. The van der Waals surface area contributed by atoms with Crippen LogP contribution < -0.4 is 4.90 Å². The number of amides is 1. The van der Waals surface area contributed by atoms with Crippen molar-refractivity contribution in [1.29, 1.82) is 0 Å². The van der Waals surface area contributed by atoms with Crippen molar-refractivity contribution in [2.24, 2.45) is 0 Å². The van der Waals surface area contributed by atoms with Gasteiger partial charge in [-0.3, -0.25) is 4.90 Å². The molecule has 2 aliphatic heterocycles. The molecular formula is C19H30N4O2. The number of likely N-dealkylation sites (tertiary alicyclic amines) is 1. The molecule has 1 aromatic heterocycles. The number of piperidine rings is 1. The van der Waals surface area contributed by atoms with E-state index in [4.69, 9.17) is 4.74 Å². The second-order valence-electron chi connectivity index (χ2n) is 7.91. The van der Waals surface area contributed by atoms with Crippen LogP contribution in [0.3, 0.4) is 0 Å². The zero-order valence-electron chi connectivity index (χ0n) is 15.6. The monoisotopic (exact) mass is 346 g/mol. The number of ether oxygens (including phenoxy) is 1. The third-order valence-electron chi connectivity index (χ3n) is 4.92. The first-order valence-electron chi connectivity index (χ1n) is 9.30. The van der Waals surface area contributed by atoms with Crippen LogP contribution in [0.15, 0.2) is 24.4 Å². The van der Waals surface area contributed by atoms with E-state index in [1.807, 2.05) is 44.0 Å². The third kappa shape index (κ3) is 4.84. The van der Waals surface area contributed by atoms with E-state index < -0.39 is 5.60 Å². The normalized spacial score (nSPS) is 20.6. The number of pyridine rings is 1. The minimum Gasteiger partial charge on any atom is -0.444 e. The number of rotatable bonds is 2. The molecule has 0 bridgehead atoms. The molecule has 25 heavy (non-hydrogen) atoms. The SMILES string of the molecule is CC(C)(C)OC(=O)N1CCC(N2CCN(c3ccccn3)CC2)CC1. The molecule has 2 aliphatic rings. The molecule has 3 heterocycles. The summed E-state index contributed by atoms with van der Waals surface area (Å²) in [7, 11) is 0. The molecule has 6 nitrogen and oxygen atoms in total. The fraction of sp³-hybridized carbons (Fsp3) is 0.684. The highest BCUT2D eigenvalue weighted by Crippen LogP contribution is 2.21. The van der Waals surface area contributed by atoms with Gasteiger partial charge in [0.1, 0.15) is 11.4 Å². The van der Waals surface area contributed by atoms with Gasteiger partial charge in [-0.15, -0.1) is 0 Å². The van der Waals surface area contributed by atoms with Gasteiger partial charge in [0.15, 0.2) is 0 Å². The molecule has 6 heteroatoms. The zero-order valence-corrected chi connectivity index (χ0v) is 15.6. The highest BCUT2D eigenvalue weighted by molar-refractivity contribution is 5.68. The lowest BCUT2D eigenvalue weighted by Gasteiger charge is -2.43. The van der Waals surface area contributed by atoms with E-state index in [1.54, 1.807) is 0 Å². The van der Waals surface area contributed by atoms with Crippen molar-refractivity contribution in [3.05, 3.63) is 24.4 Å². The first-order valence-corrected chi connectivity index (χ1v) is 9.30. The predicted molar refractivity (Wildman–Crippen MR) is 98.9 cm³/mol. The Morgan fingerprint density at radius 2 is 1.76 bits per heavy atom. The van der Waals surface area contributed by atoms with Crippen molar-refractivity contribution in [2.75, 3.05) is 44.2 Å². The summed E-state index contributed by atoms with van der Waals surface area (Å²) in [5.74, 6) is 1.07. The van der Waals surface area contributed by atoms with E-state index in [0.29, 0.717) is 6.04 Å². The molecule has 138 valence electrons. The van der Waals surface area contributed by atoms with Gasteiger partial charge < -0.3 is 14.5 Å². The molecule has 0 N–H and O–H groups in total. The Morgan fingerprint density at radius 1 is 1.08 bits per heavy atom. The summed E-state index contributed by atoms with van der Waals surface area (Å²) in [5.41, 5.74) is -0.421. The molecule has 2 saturated heterocycles. The van der Waals surface area contributed by atoms with Crippen molar-refractivity contribution < 1.29 is 9.53 Å². The summed E-state index contributed by atoms with van der Waals surface area (Å²) in [4.78, 5) is 23.4. The van der Waals surface area contributed by atoms with Gasteiger partial charge in [0.05, 0.1) is 0 Å². The fourth-order valence-electron chi connectivity index (χ4n) is 3.60. The minimum absolute atomic E-state index is 0.175. The number of carbonyl (C=O) groups is 1. The lowest BCUT2D eigenvalue weighted by molar-refractivity contribution is 0.0140. The van der Waals surface area contributed by atoms with Crippen LogP contribution in [-0.2, 0) is 4.74 Å². The topological polar surface area (TPSA) is 48.9 Å². The summed E-state index contributed by atoms with van der Waals surface area (Å²) in [6, 6.07) is 6.65. The zero-order chi connectivity index (χ0) is 17.9. The average Bonchev–Trinajstić information content (AvgIpc) is 2.61. The Labute approximate surface area is 150 Å². The highest BCUT2D eigenvalue weighted by Gasteiger charge is 2.31. The minimum atomic E-state index is -0.421. The van der Waals surface area contributed by atoms with E-state index in [9.17, 15) is 4.79 Å². The summed E-state index contributed by atoms with van der Waals surface area (Å²) >= 11 is 0. The van der Waals surface area contributed by atoms with Gasteiger partial charge in [0.2, 0.25) is 0 Å². The van der Waals surface area contributed by atoms with Crippen LogP contribution in [0.25, 0.3) is 0 Å². The van der Waals surface area contributed by atoms with Gasteiger partial charge in [-0.1, -0.05) is 6.07 Å². The first kappa shape index (κ1) is 18.0. The fourth-order valence-corrected chi connectivity index (χ4v) is 3.60. The Hall–Kier alpha value is -1.82. The average molecular weight is 346 g/mol. The number of nitrogens with zero attached hydrogens (tertiary/aromatic N) is 4. The van der Waals surface area contributed by atoms with Crippen molar-refractivity contribution in [2.45, 2.75) is 45.3 Å². The van der Waals surface area contributed by atoms with Gasteiger partial charge in [-0.25, -0.2) is 9.78 Å². The second-order valence-corrected chi connectivity index (χ2v) is 7.91. The molecule has 1 aromatic rings. The van der Waals surface area contributed by atoms with Gasteiger partial charge in [0, 0.05) is 51.5 Å². The largest absolute Gasteiger partial charge is 0.444 e. The summed E-state index contributed by atoms with van der Waals surface area (Å²) < 4.78 is 5.48. The summed E-state index contributed by atoms with van der Waals surface area (Å²) in [6.45, 7) is 11.5. The van der Waals surface area contributed by atoms with E-state index in [2.05, 4.69) is 20.9 Å². The van der Waals surface area contributed by atoms with Crippen molar-refractivity contribution >= 4 is 11.9 Å². The van der Waals surface area contributed by atoms with Crippen LogP contribution in [0.1, 0.15) is 33.6 Å². The van der Waals surface area contributed by atoms with Gasteiger partial charge in [0.25, 0.3) is 0 Å². The standard InChI is InChI=1S/C19H30N4O2/c1-19(2,3)25-18(24)23-10-7-16(8-11-23)21-12-14-22(15-13-21)17-6-4-5-9-20-17/h4-6,9,16H,7-8,10-15H2,1-3H3. The Balaban J connectivity index is 1.44. The molecule has 2 fully saturated rings. The second kappa shape index (κ2) is 7.60. The van der Waals surface area contributed by atoms with Crippen LogP contribution in [0.2, 0.25) is 0 Å². The molecule has 0 aliphatic carbocycles. The maximum atomic E-state index is 12.2. The molecule has 0 radical (unpaired) electrons. The molecule has 1 amide bonds. The summed E-state index contributed by atoms with van der Waals surface area (Å²) in [6.07, 6.45) is 3.74. The van der Waals surface area contributed by atoms with Gasteiger partial charge in [-0.05, 0) is 45.7 Å².